The maximum absolute atomic E-state index is 11.8. The first-order valence-corrected chi connectivity index (χ1v) is 6.81. The van der Waals surface area contributed by atoms with E-state index in [9.17, 15) is 14.7 Å². The molecular formula is C16H13N3O4. The Morgan fingerprint density at radius 1 is 1.17 bits per heavy atom. The zero-order valence-electron chi connectivity index (χ0n) is 11.9. The Balaban J connectivity index is 2.21. The van der Waals surface area contributed by atoms with Gasteiger partial charge in [0.25, 0.3) is 5.56 Å². The van der Waals surface area contributed by atoms with Crippen molar-refractivity contribution in [2.24, 2.45) is 0 Å². The van der Waals surface area contributed by atoms with Gasteiger partial charge in [-0.25, -0.2) is 9.89 Å². The van der Waals surface area contributed by atoms with Gasteiger partial charge in [-0.05, 0) is 23.8 Å². The van der Waals surface area contributed by atoms with Gasteiger partial charge in [-0.1, -0.05) is 24.3 Å². The first kappa shape index (κ1) is 14.7. The molecule has 7 nitrogen and oxygen atoms in total. The van der Waals surface area contributed by atoms with Gasteiger partial charge < -0.3 is 10.2 Å². The summed E-state index contributed by atoms with van der Waals surface area (Å²) < 4.78 is 0. The second-order valence-electron chi connectivity index (χ2n) is 4.91. The zero-order valence-corrected chi connectivity index (χ0v) is 11.9. The Bertz CT molecular complexity index is 949. The third-order valence-corrected chi connectivity index (χ3v) is 3.48. The maximum atomic E-state index is 11.8. The molecule has 0 saturated heterocycles. The van der Waals surface area contributed by atoms with E-state index < -0.39 is 6.09 Å². The number of carboxylic acid groups (broad SMARTS) is 1. The van der Waals surface area contributed by atoms with Crippen LogP contribution in [0.4, 0.5) is 10.5 Å². The molecule has 0 unspecified atom stereocenters. The lowest BCUT2D eigenvalue weighted by atomic mass is 10.00. The van der Waals surface area contributed by atoms with Gasteiger partial charge in [-0.3, -0.25) is 10.1 Å². The smallest absolute Gasteiger partial charge is 0.409 e. The summed E-state index contributed by atoms with van der Waals surface area (Å²) in [6.45, 7) is -0.292. The summed E-state index contributed by atoms with van der Waals surface area (Å²) in [6, 6.07) is 11.8. The van der Waals surface area contributed by atoms with Crippen LogP contribution in [-0.4, -0.2) is 26.5 Å². The molecule has 0 atom stereocenters. The summed E-state index contributed by atoms with van der Waals surface area (Å²) in [4.78, 5) is 22.6. The lowest BCUT2D eigenvalue weighted by Gasteiger charge is -2.11. The second-order valence-corrected chi connectivity index (χ2v) is 4.91. The standard InChI is InChI=1S/C16H13N3O4/c20-8-9-7-10(17-16(22)23)5-6-11(9)14-12-3-1-2-4-13(12)15(21)19-18-14/h1-7,17,20H,8H2,(H,19,21)(H,22,23). The van der Waals surface area contributed by atoms with Crippen molar-refractivity contribution in [3.8, 4) is 11.3 Å². The third-order valence-electron chi connectivity index (χ3n) is 3.48. The highest BCUT2D eigenvalue weighted by atomic mass is 16.4. The van der Waals surface area contributed by atoms with Gasteiger partial charge in [0.1, 0.15) is 0 Å². The predicted octanol–water partition coefficient (Wildman–Crippen LogP) is 2.17. The molecule has 7 heteroatoms. The molecule has 0 aliphatic carbocycles. The van der Waals surface area contributed by atoms with Crippen LogP contribution in [0.15, 0.2) is 47.3 Å². The number of anilines is 1. The van der Waals surface area contributed by atoms with E-state index in [0.29, 0.717) is 33.3 Å². The van der Waals surface area contributed by atoms with Gasteiger partial charge in [0.05, 0.1) is 17.7 Å². The average molecular weight is 311 g/mol. The molecule has 0 bridgehead atoms. The molecule has 116 valence electrons. The van der Waals surface area contributed by atoms with E-state index in [1.807, 2.05) is 0 Å². The van der Waals surface area contributed by atoms with Crippen molar-refractivity contribution in [2.45, 2.75) is 6.61 Å². The molecule has 0 aliphatic rings. The van der Waals surface area contributed by atoms with Crippen LogP contribution in [0.5, 0.6) is 0 Å². The van der Waals surface area contributed by atoms with Crippen LogP contribution in [-0.2, 0) is 6.61 Å². The molecule has 23 heavy (non-hydrogen) atoms. The van der Waals surface area contributed by atoms with Crippen LogP contribution < -0.4 is 10.9 Å². The average Bonchev–Trinajstić information content (AvgIpc) is 2.55. The van der Waals surface area contributed by atoms with Gasteiger partial charge in [0.2, 0.25) is 0 Å². The highest BCUT2D eigenvalue weighted by Crippen LogP contribution is 2.29. The number of aliphatic hydroxyl groups excluding tert-OH is 1. The number of benzene rings is 2. The number of nitrogens with one attached hydrogen (secondary N) is 2. The van der Waals surface area contributed by atoms with Crippen molar-refractivity contribution in [1.29, 1.82) is 0 Å². The van der Waals surface area contributed by atoms with Crippen molar-refractivity contribution >= 4 is 22.6 Å². The summed E-state index contributed by atoms with van der Waals surface area (Å²) in [6.07, 6.45) is -1.19. The number of nitrogens with zero attached hydrogens (tertiary/aromatic N) is 1. The molecular weight excluding hydrogens is 298 g/mol. The largest absolute Gasteiger partial charge is 0.465 e. The van der Waals surface area contributed by atoms with Gasteiger partial charge in [0.15, 0.2) is 0 Å². The van der Waals surface area contributed by atoms with E-state index in [1.54, 1.807) is 36.4 Å². The third kappa shape index (κ3) is 2.77. The fraction of sp³-hybridized carbons (Fsp3) is 0.0625. The van der Waals surface area contributed by atoms with Crippen molar-refractivity contribution in [1.82, 2.24) is 10.2 Å². The fourth-order valence-corrected chi connectivity index (χ4v) is 2.48. The number of carbonyl (C=O) groups is 1. The topological polar surface area (TPSA) is 115 Å². The number of hydrogen-bond acceptors (Lipinski definition) is 4. The Hall–Kier alpha value is -3.19. The molecule has 3 rings (SSSR count). The Morgan fingerprint density at radius 3 is 2.61 bits per heavy atom. The van der Waals surface area contributed by atoms with E-state index in [-0.39, 0.29) is 12.2 Å². The van der Waals surface area contributed by atoms with Crippen LogP contribution in [0.2, 0.25) is 0 Å². The molecule has 0 aliphatic heterocycles. The normalized spacial score (nSPS) is 10.7. The predicted molar refractivity (Wildman–Crippen MR) is 85.4 cm³/mol. The molecule has 0 fully saturated rings. The van der Waals surface area contributed by atoms with Crippen molar-refractivity contribution < 1.29 is 15.0 Å². The number of H-pyrrole nitrogens is 1. The molecule has 0 spiro atoms. The zero-order chi connectivity index (χ0) is 16.4. The minimum atomic E-state index is -1.19. The monoisotopic (exact) mass is 311 g/mol. The van der Waals surface area contributed by atoms with E-state index in [4.69, 9.17) is 5.11 Å². The Morgan fingerprint density at radius 2 is 1.91 bits per heavy atom. The van der Waals surface area contributed by atoms with Crippen LogP contribution >= 0.6 is 0 Å². The number of aliphatic hydroxyl groups is 1. The Kier molecular flexibility index (Phi) is 3.78. The molecule has 0 saturated carbocycles. The molecule has 1 aromatic heterocycles. The van der Waals surface area contributed by atoms with Crippen LogP contribution in [0.3, 0.4) is 0 Å². The number of rotatable bonds is 3. The molecule has 4 N–H and O–H groups in total. The van der Waals surface area contributed by atoms with E-state index in [1.165, 1.54) is 6.07 Å². The van der Waals surface area contributed by atoms with Crippen molar-refractivity contribution in [3.05, 3.63) is 58.4 Å². The van der Waals surface area contributed by atoms with Gasteiger partial charge in [0, 0.05) is 16.6 Å². The number of aromatic nitrogens is 2. The number of hydrogen-bond donors (Lipinski definition) is 4. The molecule has 1 heterocycles. The van der Waals surface area contributed by atoms with Crippen LogP contribution in [0, 0.1) is 0 Å². The van der Waals surface area contributed by atoms with Crippen molar-refractivity contribution in [3.63, 3.8) is 0 Å². The van der Waals surface area contributed by atoms with Crippen LogP contribution in [0.25, 0.3) is 22.0 Å². The van der Waals surface area contributed by atoms with Crippen molar-refractivity contribution in [2.75, 3.05) is 5.32 Å². The van der Waals surface area contributed by atoms with E-state index in [2.05, 4.69) is 15.5 Å². The summed E-state index contributed by atoms with van der Waals surface area (Å²) in [5, 5.41) is 28.3. The molecule has 3 aromatic rings. The second kappa shape index (κ2) is 5.90. The summed E-state index contributed by atoms with van der Waals surface area (Å²) in [7, 11) is 0. The minimum Gasteiger partial charge on any atom is -0.465 e. The first-order valence-electron chi connectivity index (χ1n) is 6.81. The number of aromatic amines is 1. The lowest BCUT2D eigenvalue weighted by molar-refractivity contribution is 0.209. The van der Waals surface area contributed by atoms with Crippen LogP contribution in [0.1, 0.15) is 5.56 Å². The molecule has 1 amide bonds. The summed E-state index contributed by atoms with van der Waals surface area (Å²) >= 11 is 0. The van der Waals surface area contributed by atoms with Gasteiger partial charge in [-0.2, -0.15) is 5.10 Å². The van der Waals surface area contributed by atoms with E-state index >= 15 is 0 Å². The van der Waals surface area contributed by atoms with E-state index in [0.717, 1.165) is 0 Å². The summed E-state index contributed by atoms with van der Waals surface area (Å²) in [5.41, 5.74) is 1.70. The fourth-order valence-electron chi connectivity index (χ4n) is 2.48. The SMILES string of the molecule is O=C(O)Nc1ccc(-c2n[nH]c(=O)c3ccccc23)c(CO)c1. The highest BCUT2D eigenvalue weighted by Gasteiger charge is 2.13. The van der Waals surface area contributed by atoms with Gasteiger partial charge in [-0.15, -0.1) is 0 Å². The number of fused-ring (bicyclic) bond motifs is 1. The lowest BCUT2D eigenvalue weighted by Crippen LogP contribution is -2.10. The van der Waals surface area contributed by atoms with Gasteiger partial charge >= 0.3 is 6.09 Å². The molecule has 2 aromatic carbocycles. The highest BCUT2D eigenvalue weighted by molar-refractivity contribution is 5.95. The number of amides is 1. The Labute approximate surface area is 130 Å². The minimum absolute atomic E-state index is 0.292. The quantitative estimate of drug-likeness (QED) is 0.591. The molecule has 0 radical (unpaired) electrons. The summed E-state index contributed by atoms with van der Waals surface area (Å²) in [5.74, 6) is 0. The maximum Gasteiger partial charge on any atom is 0.409 e. The first-order chi connectivity index (χ1) is 11.1.